The Balaban J connectivity index is 1.75. The van der Waals surface area contributed by atoms with E-state index in [0.29, 0.717) is 11.1 Å². The summed E-state index contributed by atoms with van der Waals surface area (Å²) in [5.74, 6) is -0.216. The van der Waals surface area contributed by atoms with E-state index in [2.05, 4.69) is 21.2 Å². The van der Waals surface area contributed by atoms with Crippen molar-refractivity contribution in [3.8, 4) is 0 Å². The van der Waals surface area contributed by atoms with Crippen molar-refractivity contribution in [2.24, 2.45) is 0 Å². The third-order valence-electron chi connectivity index (χ3n) is 3.17. The van der Waals surface area contributed by atoms with E-state index in [1.54, 1.807) is 16.8 Å². The number of anilines is 1. The first-order valence-electron chi connectivity index (χ1n) is 6.72. The van der Waals surface area contributed by atoms with Crippen molar-refractivity contribution in [2.75, 3.05) is 5.43 Å². The van der Waals surface area contributed by atoms with Crippen LogP contribution in [-0.4, -0.2) is 20.9 Å². The minimum absolute atomic E-state index is 0.216. The number of para-hydroxylation sites is 1. The molecule has 2 N–H and O–H groups in total. The number of hydrogen-bond acceptors (Lipinski definition) is 4. The minimum Gasteiger partial charge on any atom is -0.298 e. The Morgan fingerprint density at radius 2 is 2.00 bits per heavy atom. The standard InChI is InChI=1S/C15H15N5O/c1-2-20-14-9-8-11(10-13(14)17-19-20)15(21)18-16-12-6-4-3-5-7-12/h3-10,16H,2H2,1H3,(H,18,21). The number of amides is 1. The molecule has 0 aliphatic heterocycles. The van der Waals surface area contributed by atoms with E-state index in [4.69, 9.17) is 0 Å². The summed E-state index contributed by atoms with van der Waals surface area (Å²) in [6.07, 6.45) is 0. The van der Waals surface area contributed by atoms with Gasteiger partial charge in [-0.2, -0.15) is 0 Å². The molecule has 0 fully saturated rings. The van der Waals surface area contributed by atoms with Gasteiger partial charge in [0, 0.05) is 12.1 Å². The highest BCUT2D eigenvalue weighted by atomic mass is 16.2. The molecule has 0 radical (unpaired) electrons. The fourth-order valence-corrected chi connectivity index (χ4v) is 2.07. The van der Waals surface area contributed by atoms with Crippen molar-refractivity contribution in [1.29, 1.82) is 0 Å². The average Bonchev–Trinajstić information content (AvgIpc) is 2.95. The number of nitrogens with one attached hydrogen (secondary N) is 2. The van der Waals surface area contributed by atoms with E-state index < -0.39 is 0 Å². The van der Waals surface area contributed by atoms with Crippen LogP contribution in [0.25, 0.3) is 11.0 Å². The Hall–Kier alpha value is -2.89. The molecular formula is C15H15N5O. The summed E-state index contributed by atoms with van der Waals surface area (Å²) in [4.78, 5) is 12.1. The van der Waals surface area contributed by atoms with Crippen molar-refractivity contribution < 1.29 is 4.79 Å². The van der Waals surface area contributed by atoms with E-state index in [-0.39, 0.29) is 5.91 Å². The van der Waals surface area contributed by atoms with E-state index >= 15 is 0 Å². The van der Waals surface area contributed by atoms with Crippen LogP contribution < -0.4 is 10.9 Å². The van der Waals surface area contributed by atoms with E-state index in [1.165, 1.54) is 0 Å². The Morgan fingerprint density at radius 1 is 1.19 bits per heavy atom. The number of carbonyl (C=O) groups is 1. The van der Waals surface area contributed by atoms with Crippen molar-refractivity contribution in [3.63, 3.8) is 0 Å². The molecule has 3 rings (SSSR count). The second kappa shape index (κ2) is 5.62. The van der Waals surface area contributed by atoms with Gasteiger partial charge in [0.05, 0.1) is 11.2 Å². The van der Waals surface area contributed by atoms with Gasteiger partial charge in [-0.25, -0.2) is 4.68 Å². The van der Waals surface area contributed by atoms with Gasteiger partial charge in [0.25, 0.3) is 5.91 Å². The van der Waals surface area contributed by atoms with Gasteiger partial charge in [0.1, 0.15) is 5.52 Å². The van der Waals surface area contributed by atoms with E-state index in [1.807, 2.05) is 43.3 Å². The quantitative estimate of drug-likeness (QED) is 0.719. The highest BCUT2D eigenvalue weighted by molar-refractivity contribution is 5.97. The van der Waals surface area contributed by atoms with Crippen LogP contribution in [0.5, 0.6) is 0 Å². The molecule has 21 heavy (non-hydrogen) atoms. The molecule has 6 nitrogen and oxygen atoms in total. The number of aryl methyl sites for hydroxylation is 1. The molecule has 0 atom stereocenters. The smallest absolute Gasteiger partial charge is 0.269 e. The summed E-state index contributed by atoms with van der Waals surface area (Å²) < 4.78 is 1.79. The molecule has 0 spiro atoms. The first kappa shape index (κ1) is 13.1. The maximum Gasteiger partial charge on any atom is 0.269 e. The second-order valence-corrected chi connectivity index (χ2v) is 4.55. The highest BCUT2D eigenvalue weighted by Gasteiger charge is 2.09. The fraction of sp³-hybridized carbons (Fsp3) is 0.133. The molecule has 0 aliphatic rings. The van der Waals surface area contributed by atoms with Crippen LogP contribution in [0.2, 0.25) is 0 Å². The second-order valence-electron chi connectivity index (χ2n) is 4.55. The Kier molecular flexibility index (Phi) is 3.51. The highest BCUT2D eigenvalue weighted by Crippen LogP contribution is 2.13. The lowest BCUT2D eigenvalue weighted by atomic mass is 10.2. The first-order valence-corrected chi connectivity index (χ1v) is 6.72. The largest absolute Gasteiger partial charge is 0.298 e. The number of hydrazine groups is 1. The van der Waals surface area contributed by atoms with Gasteiger partial charge in [-0.15, -0.1) is 5.10 Å². The van der Waals surface area contributed by atoms with Crippen LogP contribution in [0.1, 0.15) is 17.3 Å². The van der Waals surface area contributed by atoms with Crippen LogP contribution in [0.15, 0.2) is 48.5 Å². The van der Waals surface area contributed by atoms with Crippen LogP contribution in [-0.2, 0) is 6.54 Å². The van der Waals surface area contributed by atoms with Crippen molar-refractivity contribution in [3.05, 3.63) is 54.1 Å². The van der Waals surface area contributed by atoms with Gasteiger partial charge in [-0.1, -0.05) is 23.4 Å². The molecular weight excluding hydrogens is 266 g/mol. The fourth-order valence-electron chi connectivity index (χ4n) is 2.07. The molecule has 0 bridgehead atoms. The number of rotatable bonds is 4. The third kappa shape index (κ3) is 2.69. The first-order chi connectivity index (χ1) is 10.3. The lowest BCUT2D eigenvalue weighted by Gasteiger charge is -2.08. The van der Waals surface area contributed by atoms with E-state index in [0.717, 1.165) is 17.7 Å². The lowest BCUT2D eigenvalue weighted by molar-refractivity contribution is 0.0963. The Bertz CT molecular complexity index is 766. The molecule has 6 heteroatoms. The van der Waals surface area contributed by atoms with Gasteiger partial charge in [-0.05, 0) is 37.3 Å². The number of fused-ring (bicyclic) bond motifs is 1. The van der Waals surface area contributed by atoms with Gasteiger partial charge in [-0.3, -0.25) is 15.6 Å². The maximum atomic E-state index is 12.1. The normalized spacial score (nSPS) is 10.5. The van der Waals surface area contributed by atoms with Gasteiger partial charge in [0.15, 0.2) is 0 Å². The zero-order valence-electron chi connectivity index (χ0n) is 11.6. The lowest BCUT2D eigenvalue weighted by Crippen LogP contribution is -2.29. The van der Waals surface area contributed by atoms with Crippen molar-refractivity contribution in [2.45, 2.75) is 13.5 Å². The number of benzene rings is 2. The molecule has 1 heterocycles. The molecule has 0 aliphatic carbocycles. The monoisotopic (exact) mass is 281 g/mol. The third-order valence-corrected chi connectivity index (χ3v) is 3.17. The number of hydrogen-bond donors (Lipinski definition) is 2. The summed E-state index contributed by atoms with van der Waals surface area (Å²) in [7, 11) is 0. The van der Waals surface area contributed by atoms with Crippen LogP contribution in [0.3, 0.4) is 0 Å². The van der Waals surface area contributed by atoms with Gasteiger partial charge < -0.3 is 0 Å². The van der Waals surface area contributed by atoms with Crippen LogP contribution in [0, 0.1) is 0 Å². The Morgan fingerprint density at radius 3 is 2.76 bits per heavy atom. The molecule has 3 aromatic rings. The minimum atomic E-state index is -0.216. The summed E-state index contributed by atoms with van der Waals surface area (Å²) in [5.41, 5.74) is 8.52. The Labute approximate surface area is 121 Å². The maximum absolute atomic E-state index is 12.1. The van der Waals surface area contributed by atoms with Crippen molar-refractivity contribution >= 4 is 22.6 Å². The molecule has 0 saturated heterocycles. The summed E-state index contributed by atoms with van der Waals surface area (Å²) in [5, 5.41) is 8.09. The molecule has 1 aromatic heterocycles. The molecule has 0 unspecified atom stereocenters. The van der Waals surface area contributed by atoms with Gasteiger partial charge in [0.2, 0.25) is 0 Å². The average molecular weight is 281 g/mol. The molecule has 0 saturated carbocycles. The van der Waals surface area contributed by atoms with Crippen LogP contribution in [0.4, 0.5) is 5.69 Å². The topological polar surface area (TPSA) is 71.8 Å². The zero-order valence-corrected chi connectivity index (χ0v) is 11.6. The predicted molar refractivity (Wildman–Crippen MR) is 80.7 cm³/mol. The molecule has 2 aromatic carbocycles. The summed E-state index contributed by atoms with van der Waals surface area (Å²) in [6, 6.07) is 14.8. The molecule has 1 amide bonds. The SMILES string of the molecule is CCn1nnc2cc(C(=O)NNc3ccccc3)ccc21. The molecule has 106 valence electrons. The van der Waals surface area contributed by atoms with Gasteiger partial charge >= 0.3 is 0 Å². The van der Waals surface area contributed by atoms with Crippen molar-refractivity contribution in [1.82, 2.24) is 20.4 Å². The number of carbonyl (C=O) groups excluding carboxylic acids is 1. The number of nitrogens with zero attached hydrogens (tertiary/aromatic N) is 3. The zero-order chi connectivity index (χ0) is 14.7. The number of aromatic nitrogens is 3. The summed E-state index contributed by atoms with van der Waals surface area (Å²) >= 11 is 0. The summed E-state index contributed by atoms with van der Waals surface area (Å²) in [6.45, 7) is 2.75. The van der Waals surface area contributed by atoms with E-state index in [9.17, 15) is 4.79 Å². The van der Waals surface area contributed by atoms with Crippen LogP contribution >= 0.6 is 0 Å². The predicted octanol–water partition coefficient (Wildman–Crippen LogP) is 2.21.